The van der Waals surface area contributed by atoms with Gasteiger partial charge in [0.1, 0.15) is 5.82 Å². The van der Waals surface area contributed by atoms with Gasteiger partial charge in [-0.25, -0.2) is 9.97 Å². The highest BCUT2D eigenvalue weighted by atomic mass is 127. The molecule has 0 saturated carbocycles. The first-order valence-corrected chi connectivity index (χ1v) is 9.48. The molecule has 6 nitrogen and oxygen atoms in total. The Labute approximate surface area is 177 Å². The molecule has 1 N–H and O–H groups in total. The van der Waals surface area contributed by atoms with Crippen molar-refractivity contribution < 1.29 is 0 Å². The lowest BCUT2D eigenvalue weighted by molar-refractivity contribution is 0.470. The molecular formula is C18H29IN6S. The molecule has 0 saturated heterocycles. The second kappa shape index (κ2) is 11.3. The van der Waals surface area contributed by atoms with E-state index in [0.717, 1.165) is 47.7 Å². The third-order valence-electron chi connectivity index (χ3n) is 3.99. The van der Waals surface area contributed by atoms with Crippen LogP contribution in [0.25, 0.3) is 0 Å². The van der Waals surface area contributed by atoms with Crippen LogP contribution < -0.4 is 10.2 Å². The zero-order valence-electron chi connectivity index (χ0n) is 16.2. The van der Waals surface area contributed by atoms with Gasteiger partial charge in [0, 0.05) is 45.3 Å². The van der Waals surface area contributed by atoms with E-state index in [1.54, 1.807) is 18.4 Å². The summed E-state index contributed by atoms with van der Waals surface area (Å²) in [5.74, 6) is 1.87. The minimum atomic E-state index is 0. The number of thiazole rings is 1. The number of rotatable bonds is 7. The Morgan fingerprint density at radius 3 is 2.50 bits per heavy atom. The molecule has 0 bridgehead atoms. The number of anilines is 1. The predicted molar refractivity (Wildman–Crippen MR) is 122 cm³/mol. The number of aromatic nitrogens is 2. The summed E-state index contributed by atoms with van der Waals surface area (Å²) in [7, 11) is 3.82. The molecule has 0 unspecified atom stereocenters. The second-order valence-electron chi connectivity index (χ2n) is 5.81. The summed E-state index contributed by atoms with van der Waals surface area (Å²) in [4.78, 5) is 17.7. The second-order valence-corrected chi connectivity index (χ2v) is 6.87. The highest BCUT2D eigenvalue weighted by Crippen LogP contribution is 2.12. The molecule has 0 atom stereocenters. The number of hydrogen-bond donors (Lipinski definition) is 1. The number of pyridine rings is 1. The smallest absolute Gasteiger partial charge is 0.194 e. The van der Waals surface area contributed by atoms with Crippen molar-refractivity contribution in [3.05, 3.63) is 40.0 Å². The normalized spacial score (nSPS) is 11.0. The highest BCUT2D eigenvalue weighted by molar-refractivity contribution is 14.0. The van der Waals surface area contributed by atoms with E-state index < -0.39 is 0 Å². The molecule has 0 amide bonds. The van der Waals surface area contributed by atoms with E-state index in [9.17, 15) is 0 Å². The van der Waals surface area contributed by atoms with Crippen LogP contribution in [0.3, 0.4) is 0 Å². The Hall–Kier alpha value is -1.42. The number of hydrogen-bond acceptors (Lipinski definition) is 5. The number of nitrogens with one attached hydrogen (secondary N) is 1. The van der Waals surface area contributed by atoms with Crippen LogP contribution >= 0.6 is 35.3 Å². The van der Waals surface area contributed by atoms with E-state index in [1.807, 2.05) is 20.2 Å². The standard InChI is InChI=1S/C18H28N6S.HI/c1-6-24(7-2)17-9-8-15(10-20-17)11-21-18(19-4)23(5)12-16-13-25-14(3)22-16;/h8-10,13H,6-7,11-12H2,1-5H3,(H,19,21);1H. The topological polar surface area (TPSA) is 56.6 Å². The van der Waals surface area contributed by atoms with Gasteiger partial charge in [0.25, 0.3) is 0 Å². The van der Waals surface area contributed by atoms with Gasteiger partial charge in [0.2, 0.25) is 0 Å². The zero-order valence-corrected chi connectivity index (χ0v) is 19.3. The van der Waals surface area contributed by atoms with Gasteiger partial charge in [0.05, 0.1) is 17.2 Å². The van der Waals surface area contributed by atoms with Gasteiger partial charge in [-0.05, 0) is 32.4 Å². The fourth-order valence-electron chi connectivity index (χ4n) is 2.62. The van der Waals surface area contributed by atoms with Gasteiger partial charge in [0.15, 0.2) is 5.96 Å². The molecule has 8 heteroatoms. The van der Waals surface area contributed by atoms with E-state index in [2.05, 4.69) is 61.4 Å². The van der Waals surface area contributed by atoms with Crippen LogP contribution in [0, 0.1) is 6.92 Å². The minimum Gasteiger partial charge on any atom is -0.357 e. The van der Waals surface area contributed by atoms with Crippen LogP contribution in [0.1, 0.15) is 30.1 Å². The maximum atomic E-state index is 4.56. The average molecular weight is 488 g/mol. The molecule has 0 aliphatic heterocycles. The molecule has 2 rings (SSSR count). The molecule has 2 aromatic heterocycles. The first kappa shape index (κ1) is 22.6. The lowest BCUT2D eigenvalue weighted by Crippen LogP contribution is -2.38. The summed E-state index contributed by atoms with van der Waals surface area (Å²) in [6.07, 6.45) is 1.93. The molecule has 144 valence electrons. The van der Waals surface area contributed by atoms with Gasteiger partial charge in [-0.2, -0.15) is 0 Å². The van der Waals surface area contributed by atoms with Crippen molar-refractivity contribution in [2.45, 2.75) is 33.9 Å². The summed E-state index contributed by atoms with van der Waals surface area (Å²) in [5, 5.41) is 6.57. The van der Waals surface area contributed by atoms with Gasteiger partial charge >= 0.3 is 0 Å². The minimum absolute atomic E-state index is 0. The van der Waals surface area contributed by atoms with Crippen molar-refractivity contribution in [2.75, 3.05) is 32.1 Å². The molecule has 2 heterocycles. The summed E-state index contributed by atoms with van der Waals surface area (Å²) < 4.78 is 0. The fourth-order valence-corrected chi connectivity index (χ4v) is 3.22. The Morgan fingerprint density at radius 1 is 1.27 bits per heavy atom. The summed E-state index contributed by atoms with van der Waals surface area (Å²) in [6, 6.07) is 4.19. The van der Waals surface area contributed by atoms with E-state index in [0.29, 0.717) is 6.54 Å². The third-order valence-corrected chi connectivity index (χ3v) is 4.81. The van der Waals surface area contributed by atoms with Crippen LogP contribution in [0.5, 0.6) is 0 Å². The number of nitrogens with zero attached hydrogens (tertiary/aromatic N) is 5. The Morgan fingerprint density at radius 2 is 2.00 bits per heavy atom. The number of guanidine groups is 1. The molecule has 0 fully saturated rings. The molecule has 0 radical (unpaired) electrons. The third kappa shape index (κ3) is 6.39. The van der Waals surface area contributed by atoms with E-state index in [1.165, 1.54) is 0 Å². The van der Waals surface area contributed by atoms with E-state index in [-0.39, 0.29) is 24.0 Å². The van der Waals surface area contributed by atoms with Crippen molar-refractivity contribution in [3.63, 3.8) is 0 Å². The molecule has 0 aromatic carbocycles. The first-order chi connectivity index (χ1) is 12.1. The molecule has 0 aliphatic carbocycles. The Kier molecular flexibility index (Phi) is 9.85. The zero-order chi connectivity index (χ0) is 18.2. The van der Waals surface area contributed by atoms with Crippen molar-refractivity contribution in [2.24, 2.45) is 4.99 Å². The summed E-state index contributed by atoms with van der Waals surface area (Å²) in [6.45, 7) is 9.68. The molecule has 2 aromatic rings. The van der Waals surface area contributed by atoms with Crippen molar-refractivity contribution in [1.82, 2.24) is 20.2 Å². The largest absolute Gasteiger partial charge is 0.357 e. The lowest BCUT2D eigenvalue weighted by Gasteiger charge is -2.22. The van der Waals surface area contributed by atoms with Gasteiger partial charge in [-0.3, -0.25) is 4.99 Å². The summed E-state index contributed by atoms with van der Waals surface area (Å²) >= 11 is 1.67. The SMILES string of the molecule is CCN(CC)c1ccc(CNC(=NC)N(C)Cc2csc(C)n2)cn1.I. The quantitative estimate of drug-likeness (QED) is 0.367. The van der Waals surface area contributed by atoms with Gasteiger partial charge in [-0.1, -0.05) is 6.07 Å². The fraction of sp³-hybridized carbons (Fsp3) is 0.500. The van der Waals surface area contributed by atoms with E-state index in [4.69, 9.17) is 0 Å². The van der Waals surface area contributed by atoms with Crippen LogP contribution in [0.4, 0.5) is 5.82 Å². The highest BCUT2D eigenvalue weighted by Gasteiger charge is 2.09. The number of aryl methyl sites for hydroxylation is 1. The molecular weight excluding hydrogens is 459 g/mol. The lowest BCUT2D eigenvalue weighted by atomic mass is 10.2. The average Bonchev–Trinajstić information content (AvgIpc) is 3.02. The first-order valence-electron chi connectivity index (χ1n) is 8.60. The maximum absolute atomic E-state index is 4.56. The van der Waals surface area contributed by atoms with Gasteiger partial charge in [-0.15, -0.1) is 35.3 Å². The Bertz CT molecular complexity index is 681. The molecule has 26 heavy (non-hydrogen) atoms. The van der Waals surface area contributed by atoms with Crippen LogP contribution in [-0.4, -0.2) is 48.0 Å². The summed E-state index contributed by atoms with van der Waals surface area (Å²) in [5.41, 5.74) is 2.20. The van der Waals surface area contributed by atoms with Gasteiger partial charge < -0.3 is 15.1 Å². The number of halogens is 1. The van der Waals surface area contributed by atoms with Crippen LogP contribution in [0.15, 0.2) is 28.7 Å². The molecule has 0 spiro atoms. The maximum Gasteiger partial charge on any atom is 0.194 e. The van der Waals surface area contributed by atoms with Crippen LogP contribution in [-0.2, 0) is 13.1 Å². The number of aliphatic imine (C=N–C) groups is 1. The predicted octanol–water partition coefficient (Wildman–Crippen LogP) is 3.52. The van der Waals surface area contributed by atoms with E-state index >= 15 is 0 Å². The van der Waals surface area contributed by atoms with Crippen molar-refractivity contribution in [1.29, 1.82) is 0 Å². The van der Waals surface area contributed by atoms with Crippen molar-refractivity contribution in [3.8, 4) is 0 Å². The monoisotopic (exact) mass is 488 g/mol. The molecule has 0 aliphatic rings. The Balaban J connectivity index is 0.00000338. The van der Waals surface area contributed by atoms with Crippen LogP contribution in [0.2, 0.25) is 0 Å². The van der Waals surface area contributed by atoms with Crippen molar-refractivity contribution >= 4 is 47.1 Å².